The average Bonchev–Trinajstić information content (AvgIpc) is 3.13. The van der Waals surface area contributed by atoms with E-state index in [0.717, 1.165) is 11.3 Å². The van der Waals surface area contributed by atoms with Gasteiger partial charge in [-0.3, -0.25) is 4.79 Å². The van der Waals surface area contributed by atoms with E-state index in [-0.39, 0.29) is 18.4 Å². The maximum atomic E-state index is 12.0. The Bertz CT molecular complexity index is 1070. The summed E-state index contributed by atoms with van der Waals surface area (Å²) < 4.78 is 10.3. The first-order valence-corrected chi connectivity index (χ1v) is 10.5. The van der Waals surface area contributed by atoms with Crippen LogP contribution in [0.1, 0.15) is 24.0 Å². The number of benzene rings is 2. The Kier molecular flexibility index (Phi) is 6.65. The van der Waals surface area contributed by atoms with Crippen LogP contribution in [0.25, 0.3) is 0 Å². The van der Waals surface area contributed by atoms with Gasteiger partial charge in [0.1, 0.15) is 5.75 Å². The summed E-state index contributed by atoms with van der Waals surface area (Å²) in [5, 5.41) is 6.88. The number of carbonyl (C=O) groups excluding carboxylic acids is 2. The van der Waals surface area contributed by atoms with E-state index in [2.05, 4.69) is 28.7 Å². The lowest BCUT2D eigenvalue weighted by molar-refractivity contribution is -0.151. The van der Waals surface area contributed by atoms with Crippen LogP contribution >= 0.6 is 0 Å². The van der Waals surface area contributed by atoms with Crippen molar-refractivity contribution in [2.75, 3.05) is 25.1 Å². The maximum absolute atomic E-state index is 12.0. The van der Waals surface area contributed by atoms with Gasteiger partial charge >= 0.3 is 5.97 Å². The number of amides is 1. The molecule has 1 N–H and O–H groups in total. The van der Waals surface area contributed by atoms with Crippen LogP contribution in [0.15, 0.2) is 78.0 Å². The van der Waals surface area contributed by atoms with E-state index >= 15 is 0 Å². The van der Waals surface area contributed by atoms with Crippen LogP contribution in [0.3, 0.4) is 0 Å². The van der Waals surface area contributed by atoms with Gasteiger partial charge < -0.3 is 19.6 Å². The summed E-state index contributed by atoms with van der Waals surface area (Å²) in [5.41, 5.74) is 3.57. The largest absolute Gasteiger partial charge is 0.494 e. The summed E-state index contributed by atoms with van der Waals surface area (Å²) in [5.74, 6) is -0.102. The zero-order valence-corrected chi connectivity index (χ0v) is 17.7. The molecule has 32 heavy (non-hydrogen) atoms. The molecule has 1 amide bonds. The second kappa shape index (κ2) is 9.96. The molecule has 0 spiro atoms. The molecule has 7 heteroatoms. The van der Waals surface area contributed by atoms with Crippen LogP contribution in [0, 0.1) is 5.92 Å². The minimum absolute atomic E-state index is 0.0771. The predicted molar refractivity (Wildman–Crippen MR) is 121 cm³/mol. The van der Waals surface area contributed by atoms with E-state index in [4.69, 9.17) is 14.3 Å². The summed E-state index contributed by atoms with van der Waals surface area (Å²) in [6.07, 6.45) is 8.23. The topological polar surface area (TPSA) is 86.2 Å². The molecule has 0 bridgehead atoms. The number of ether oxygens (including phenoxy) is 2. The van der Waals surface area contributed by atoms with Crippen molar-refractivity contribution in [3.05, 3.63) is 84.0 Å². The number of rotatable bonds is 8. The molecule has 7 nitrogen and oxygen atoms in total. The molecule has 0 aromatic heterocycles. The maximum Gasteiger partial charge on any atom is 0.347 e. The number of anilines is 1. The fourth-order valence-electron chi connectivity index (χ4n) is 3.82. The molecule has 0 unspecified atom stereocenters. The highest BCUT2D eigenvalue weighted by molar-refractivity contribution is 6.08. The number of hydrogen-bond donors (Lipinski definition) is 1. The van der Waals surface area contributed by atoms with Crippen LogP contribution in [0.5, 0.6) is 5.75 Å². The molecular weight excluding hydrogens is 408 g/mol. The van der Waals surface area contributed by atoms with Crippen molar-refractivity contribution >= 4 is 23.3 Å². The Hall–Kier alpha value is -3.87. The highest BCUT2D eigenvalue weighted by Crippen LogP contribution is 2.41. The minimum Gasteiger partial charge on any atom is -0.494 e. The van der Waals surface area contributed by atoms with Gasteiger partial charge in [-0.2, -0.15) is 0 Å². The second-order valence-corrected chi connectivity index (χ2v) is 7.32. The van der Waals surface area contributed by atoms with Gasteiger partial charge in [0.15, 0.2) is 6.61 Å². The molecule has 0 aliphatic heterocycles. The molecule has 164 valence electrons. The molecule has 2 atom stereocenters. The number of nitrogens with one attached hydrogen (secondary N) is 1. The summed E-state index contributed by atoms with van der Waals surface area (Å²) in [7, 11) is 0. The van der Waals surface area contributed by atoms with Crippen LogP contribution < -0.4 is 10.1 Å². The van der Waals surface area contributed by atoms with E-state index in [1.807, 2.05) is 37.3 Å². The van der Waals surface area contributed by atoms with Gasteiger partial charge in [0.25, 0.3) is 5.91 Å². The Labute approximate surface area is 186 Å². The molecule has 0 saturated heterocycles. The first kappa shape index (κ1) is 21.4. The number of fused-ring (bicyclic) bond motifs is 3. The zero-order valence-electron chi connectivity index (χ0n) is 17.7. The third-order valence-electron chi connectivity index (χ3n) is 5.21. The highest BCUT2D eigenvalue weighted by atomic mass is 16.7. The molecule has 0 radical (unpaired) electrons. The average molecular weight is 432 g/mol. The Morgan fingerprint density at radius 3 is 2.50 bits per heavy atom. The van der Waals surface area contributed by atoms with Crippen LogP contribution in [-0.4, -0.2) is 37.4 Å². The van der Waals surface area contributed by atoms with E-state index in [9.17, 15) is 9.59 Å². The standard InChI is InChI=1S/C25H24N2O5/c1-2-30-18-13-11-17(12-14-18)26-23(28)15-31-24(29)16-32-27-25-21-9-5-3-7-19(21)20-8-4-6-10-22(20)25/h3-14,19,21H,2,15-16H2,1H3,(H,26,28)/b27-25+/t19-,21+/m1/s1. The van der Waals surface area contributed by atoms with Gasteiger partial charge in [0, 0.05) is 23.1 Å². The summed E-state index contributed by atoms with van der Waals surface area (Å²) in [6.45, 7) is 1.68. The Morgan fingerprint density at radius 2 is 1.72 bits per heavy atom. The van der Waals surface area contributed by atoms with Gasteiger partial charge in [-0.05, 0) is 36.8 Å². The Balaban J connectivity index is 1.26. The van der Waals surface area contributed by atoms with Gasteiger partial charge in [-0.25, -0.2) is 4.79 Å². The molecule has 2 aromatic carbocycles. The van der Waals surface area contributed by atoms with Crippen LogP contribution in [0.2, 0.25) is 0 Å². The van der Waals surface area contributed by atoms with Crippen LogP contribution in [0.4, 0.5) is 5.69 Å². The van der Waals surface area contributed by atoms with E-state index < -0.39 is 18.5 Å². The van der Waals surface area contributed by atoms with Gasteiger partial charge in [-0.15, -0.1) is 0 Å². The molecule has 2 aliphatic rings. The van der Waals surface area contributed by atoms with Crippen molar-refractivity contribution in [2.24, 2.45) is 11.1 Å². The van der Waals surface area contributed by atoms with Gasteiger partial charge in [0.2, 0.25) is 6.61 Å². The second-order valence-electron chi connectivity index (χ2n) is 7.32. The molecule has 2 aliphatic carbocycles. The van der Waals surface area contributed by atoms with Crippen molar-refractivity contribution in [3.8, 4) is 5.75 Å². The van der Waals surface area contributed by atoms with Crippen molar-refractivity contribution in [2.45, 2.75) is 12.8 Å². The lowest BCUT2D eigenvalue weighted by Crippen LogP contribution is -2.22. The van der Waals surface area contributed by atoms with Crippen LogP contribution in [-0.2, 0) is 19.2 Å². The first-order valence-electron chi connectivity index (χ1n) is 10.5. The zero-order chi connectivity index (χ0) is 22.3. The van der Waals surface area contributed by atoms with Crippen molar-refractivity contribution in [1.29, 1.82) is 0 Å². The van der Waals surface area contributed by atoms with Crippen molar-refractivity contribution in [1.82, 2.24) is 0 Å². The number of allylic oxidation sites excluding steroid dienone is 4. The van der Waals surface area contributed by atoms with Crippen molar-refractivity contribution < 1.29 is 23.9 Å². The molecule has 4 rings (SSSR count). The molecule has 0 saturated carbocycles. The van der Waals surface area contributed by atoms with E-state index in [1.54, 1.807) is 24.3 Å². The number of hydrogen-bond acceptors (Lipinski definition) is 6. The normalized spacial score (nSPS) is 19.2. The molecular formula is C25H24N2O5. The van der Waals surface area contributed by atoms with Gasteiger partial charge in [0.05, 0.1) is 12.3 Å². The lowest BCUT2D eigenvalue weighted by atomic mass is 9.88. The quantitative estimate of drug-likeness (QED) is 0.506. The fourth-order valence-corrected chi connectivity index (χ4v) is 3.82. The minimum atomic E-state index is -0.668. The highest BCUT2D eigenvalue weighted by Gasteiger charge is 2.36. The summed E-state index contributed by atoms with van der Waals surface area (Å²) >= 11 is 0. The summed E-state index contributed by atoms with van der Waals surface area (Å²) in [4.78, 5) is 29.3. The Morgan fingerprint density at radius 1 is 0.969 bits per heavy atom. The first-order chi connectivity index (χ1) is 15.7. The number of esters is 1. The number of oxime groups is 1. The van der Waals surface area contributed by atoms with E-state index in [1.165, 1.54) is 5.56 Å². The SMILES string of the molecule is CCOc1ccc(NC(=O)COC(=O)CO/N=C2/c3ccccc3[C@H]3C=CC=C[C@H]23)cc1. The lowest BCUT2D eigenvalue weighted by Gasteiger charge is -2.15. The van der Waals surface area contributed by atoms with Gasteiger partial charge in [-0.1, -0.05) is 53.7 Å². The third-order valence-corrected chi connectivity index (χ3v) is 5.21. The number of nitrogens with zero attached hydrogens (tertiary/aromatic N) is 1. The monoisotopic (exact) mass is 432 g/mol. The smallest absolute Gasteiger partial charge is 0.347 e. The molecule has 0 heterocycles. The fraction of sp³-hybridized carbons (Fsp3) is 0.240. The van der Waals surface area contributed by atoms with Crippen molar-refractivity contribution in [3.63, 3.8) is 0 Å². The third kappa shape index (κ3) is 4.88. The number of carbonyl (C=O) groups is 2. The molecule has 2 aromatic rings. The summed E-state index contributed by atoms with van der Waals surface area (Å²) in [6, 6.07) is 15.0. The van der Waals surface area contributed by atoms with E-state index in [0.29, 0.717) is 18.0 Å². The molecule has 0 fully saturated rings. The predicted octanol–water partition coefficient (Wildman–Crippen LogP) is 3.83.